The molecule has 5 nitrogen and oxygen atoms in total. The van der Waals surface area contributed by atoms with Gasteiger partial charge in [-0.3, -0.25) is 0 Å². The second-order valence-electron chi connectivity index (χ2n) is 4.93. The van der Waals surface area contributed by atoms with Crippen LogP contribution in [0.5, 0.6) is 5.75 Å². The molecule has 0 aliphatic carbocycles. The summed E-state index contributed by atoms with van der Waals surface area (Å²) in [6, 6.07) is 4.52. The van der Waals surface area contributed by atoms with E-state index in [4.69, 9.17) is 9.15 Å². The van der Waals surface area contributed by atoms with E-state index in [1.165, 1.54) is 5.56 Å². The lowest BCUT2D eigenvalue weighted by atomic mass is 10.2. The minimum absolute atomic E-state index is 0.238. The average molecular weight is 419 g/mol. The van der Waals surface area contributed by atoms with Crippen LogP contribution in [0.1, 0.15) is 31.2 Å². The summed E-state index contributed by atoms with van der Waals surface area (Å²) in [5, 5.41) is 11.1. The lowest BCUT2D eigenvalue weighted by Gasteiger charge is -2.13. The molecule has 0 bridgehead atoms. The quantitative estimate of drug-likeness (QED) is 0.768. The number of hydrogen-bond acceptors (Lipinski definition) is 5. The maximum atomic E-state index is 5.74. The van der Waals surface area contributed by atoms with Crippen LogP contribution in [0.25, 0.3) is 0 Å². The Bertz CT molecular complexity index is 591. The highest BCUT2D eigenvalue weighted by Crippen LogP contribution is 2.35. The fraction of sp³-hybridized carbons (Fsp3) is 0.429. The van der Waals surface area contributed by atoms with Crippen LogP contribution in [0.2, 0.25) is 0 Å². The number of nitrogens with zero attached hydrogens (tertiary/aromatic N) is 2. The molecule has 0 fully saturated rings. The van der Waals surface area contributed by atoms with Crippen molar-refractivity contribution in [2.45, 2.75) is 40.0 Å². The van der Waals surface area contributed by atoms with Crippen molar-refractivity contribution in [2.75, 3.05) is 0 Å². The van der Waals surface area contributed by atoms with E-state index in [1.807, 2.05) is 12.1 Å². The Hall–Kier alpha value is -0.920. The van der Waals surface area contributed by atoms with E-state index in [2.05, 4.69) is 61.2 Å². The van der Waals surface area contributed by atoms with E-state index in [9.17, 15) is 0 Å². The number of aromatic nitrogens is 2. The van der Waals surface area contributed by atoms with E-state index < -0.39 is 0 Å². The Morgan fingerprint density at radius 3 is 2.43 bits per heavy atom. The zero-order valence-corrected chi connectivity index (χ0v) is 15.3. The molecule has 0 saturated heterocycles. The molecule has 114 valence electrons. The second kappa shape index (κ2) is 7.38. The summed E-state index contributed by atoms with van der Waals surface area (Å²) in [5.74, 6) is 1.71. The molecule has 2 rings (SSSR count). The van der Waals surface area contributed by atoms with Crippen molar-refractivity contribution in [3.8, 4) is 5.75 Å². The minimum atomic E-state index is 0.238. The molecule has 1 aromatic carbocycles. The molecule has 1 heterocycles. The van der Waals surface area contributed by atoms with E-state index >= 15 is 0 Å². The van der Waals surface area contributed by atoms with Gasteiger partial charge in [0, 0.05) is 19.5 Å². The van der Waals surface area contributed by atoms with Gasteiger partial charge < -0.3 is 14.5 Å². The van der Waals surface area contributed by atoms with Gasteiger partial charge in [-0.1, -0.05) is 13.8 Å². The van der Waals surface area contributed by atoms with Gasteiger partial charge in [-0.2, -0.15) is 0 Å². The van der Waals surface area contributed by atoms with Gasteiger partial charge in [0.15, 0.2) is 6.61 Å². The van der Waals surface area contributed by atoms with Crippen molar-refractivity contribution in [3.05, 3.63) is 38.4 Å². The van der Waals surface area contributed by atoms with E-state index in [1.54, 1.807) is 6.92 Å². The Labute approximate surface area is 140 Å². The largest absolute Gasteiger partial charge is 0.481 e. The molecular formula is C14H17Br2N3O2. The molecule has 0 radical (unpaired) electrons. The van der Waals surface area contributed by atoms with Gasteiger partial charge in [-0.05, 0) is 49.6 Å². The minimum Gasteiger partial charge on any atom is -0.481 e. The lowest BCUT2D eigenvalue weighted by molar-refractivity contribution is 0.257. The first-order valence-corrected chi connectivity index (χ1v) is 8.17. The molecule has 0 atom stereocenters. The van der Waals surface area contributed by atoms with Gasteiger partial charge in [0.05, 0.1) is 8.95 Å². The zero-order chi connectivity index (χ0) is 15.4. The van der Waals surface area contributed by atoms with Crippen LogP contribution < -0.4 is 10.1 Å². The highest BCUT2D eigenvalue weighted by Gasteiger charge is 2.11. The number of hydrogen-bond donors (Lipinski definition) is 1. The van der Waals surface area contributed by atoms with Crippen LogP contribution in [0.3, 0.4) is 0 Å². The lowest BCUT2D eigenvalue weighted by Crippen LogP contribution is -2.21. The SMILES string of the molecule is Cc1nnc(COc2c(Br)cc(CNC(C)C)cc2Br)o1. The van der Waals surface area contributed by atoms with Crippen molar-refractivity contribution in [2.24, 2.45) is 0 Å². The molecule has 0 unspecified atom stereocenters. The fourth-order valence-electron chi connectivity index (χ4n) is 1.70. The van der Waals surface area contributed by atoms with Crippen molar-refractivity contribution in [1.29, 1.82) is 0 Å². The van der Waals surface area contributed by atoms with Gasteiger partial charge in [-0.15, -0.1) is 10.2 Å². The average Bonchev–Trinajstić information content (AvgIpc) is 2.81. The van der Waals surface area contributed by atoms with Crippen molar-refractivity contribution < 1.29 is 9.15 Å². The van der Waals surface area contributed by atoms with Gasteiger partial charge in [0.1, 0.15) is 5.75 Å². The summed E-state index contributed by atoms with van der Waals surface area (Å²) in [4.78, 5) is 0. The Morgan fingerprint density at radius 1 is 1.24 bits per heavy atom. The molecule has 2 aromatic rings. The fourth-order valence-corrected chi connectivity index (χ4v) is 3.21. The third-order valence-electron chi connectivity index (χ3n) is 2.68. The molecule has 7 heteroatoms. The van der Waals surface area contributed by atoms with Crippen LogP contribution >= 0.6 is 31.9 Å². The van der Waals surface area contributed by atoms with Gasteiger partial charge in [-0.25, -0.2) is 0 Å². The maximum absolute atomic E-state index is 5.74. The summed E-state index contributed by atoms with van der Waals surface area (Å²) in [5.41, 5.74) is 1.17. The van der Waals surface area contributed by atoms with E-state index in [0.29, 0.717) is 17.8 Å². The standard InChI is InChI=1S/C14H17Br2N3O2/c1-8(2)17-6-10-4-11(15)14(12(16)5-10)20-7-13-19-18-9(3)21-13/h4-5,8,17H,6-7H2,1-3H3. The summed E-state index contributed by atoms with van der Waals surface area (Å²) in [7, 11) is 0. The summed E-state index contributed by atoms with van der Waals surface area (Å²) < 4.78 is 12.8. The van der Waals surface area contributed by atoms with Crippen LogP contribution in [0.15, 0.2) is 25.5 Å². The normalized spacial score (nSPS) is 11.1. The first-order valence-electron chi connectivity index (χ1n) is 6.58. The smallest absolute Gasteiger partial charge is 0.253 e. The third-order valence-corrected chi connectivity index (χ3v) is 3.86. The number of halogens is 2. The Kier molecular flexibility index (Phi) is 5.78. The predicted octanol–water partition coefficient (Wildman–Crippen LogP) is 3.98. The summed E-state index contributed by atoms with van der Waals surface area (Å²) in [6.45, 7) is 7.03. The molecule has 21 heavy (non-hydrogen) atoms. The Morgan fingerprint density at radius 2 is 1.90 bits per heavy atom. The third kappa shape index (κ3) is 4.79. The van der Waals surface area contributed by atoms with Crippen molar-refractivity contribution >= 4 is 31.9 Å². The molecule has 0 aliphatic rings. The van der Waals surface area contributed by atoms with Crippen LogP contribution in [-0.4, -0.2) is 16.2 Å². The first-order chi connectivity index (χ1) is 9.95. The Balaban J connectivity index is 2.06. The first kappa shape index (κ1) is 16.5. The van der Waals surface area contributed by atoms with Gasteiger partial charge in [0.25, 0.3) is 5.89 Å². The molecule has 0 amide bonds. The van der Waals surface area contributed by atoms with Crippen LogP contribution in [0, 0.1) is 6.92 Å². The van der Waals surface area contributed by atoms with E-state index in [0.717, 1.165) is 21.2 Å². The van der Waals surface area contributed by atoms with Crippen LogP contribution in [-0.2, 0) is 13.2 Å². The van der Waals surface area contributed by atoms with Crippen molar-refractivity contribution in [1.82, 2.24) is 15.5 Å². The number of benzene rings is 1. The molecule has 1 N–H and O–H groups in total. The van der Waals surface area contributed by atoms with Crippen LogP contribution in [0.4, 0.5) is 0 Å². The molecule has 0 spiro atoms. The molecule has 1 aromatic heterocycles. The zero-order valence-electron chi connectivity index (χ0n) is 12.1. The van der Waals surface area contributed by atoms with E-state index in [-0.39, 0.29) is 6.61 Å². The summed E-state index contributed by atoms with van der Waals surface area (Å²) >= 11 is 7.07. The molecule has 0 saturated carbocycles. The second-order valence-corrected chi connectivity index (χ2v) is 6.64. The maximum Gasteiger partial charge on any atom is 0.253 e. The highest BCUT2D eigenvalue weighted by molar-refractivity contribution is 9.11. The topological polar surface area (TPSA) is 60.2 Å². The van der Waals surface area contributed by atoms with Gasteiger partial charge >= 0.3 is 0 Å². The molecular weight excluding hydrogens is 402 g/mol. The predicted molar refractivity (Wildman–Crippen MR) is 87.2 cm³/mol. The number of rotatable bonds is 6. The van der Waals surface area contributed by atoms with Crippen molar-refractivity contribution in [3.63, 3.8) is 0 Å². The highest BCUT2D eigenvalue weighted by atomic mass is 79.9. The molecule has 0 aliphatic heterocycles. The monoisotopic (exact) mass is 417 g/mol. The summed E-state index contributed by atoms with van der Waals surface area (Å²) in [6.07, 6.45) is 0. The number of ether oxygens (including phenoxy) is 1. The van der Waals surface area contributed by atoms with Gasteiger partial charge in [0.2, 0.25) is 5.89 Å². The number of aryl methyl sites for hydroxylation is 1. The number of nitrogens with one attached hydrogen (secondary N) is 1.